The van der Waals surface area contributed by atoms with E-state index >= 15 is 0 Å². The van der Waals surface area contributed by atoms with Crippen LogP contribution in [0.1, 0.15) is 35.9 Å². The van der Waals surface area contributed by atoms with E-state index in [1.54, 1.807) is 22.6 Å². The van der Waals surface area contributed by atoms with E-state index < -0.39 is 10.0 Å². The predicted molar refractivity (Wildman–Crippen MR) is 111 cm³/mol. The van der Waals surface area contributed by atoms with Gasteiger partial charge >= 0.3 is 0 Å². The number of pyridine rings is 1. The highest BCUT2D eigenvalue weighted by molar-refractivity contribution is 7.89. The van der Waals surface area contributed by atoms with Crippen molar-refractivity contribution in [3.05, 3.63) is 60.0 Å². The fourth-order valence-corrected chi connectivity index (χ4v) is 5.28. The lowest BCUT2D eigenvalue weighted by atomic mass is 10.0. The summed E-state index contributed by atoms with van der Waals surface area (Å²) in [6.45, 7) is 5.12. The Balaban J connectivity index is 1.50. The number of fused-ring (bicyclic) bond motifs is 1. The maximum Gasteiger partial charge on any atom is 0.275 e. The number of hydrogen-bond acceptors (Lipinski definition) is 4. The molecule has 1 saturated heterocycles. The maximum absolute atomic E-state index is 12.8. The molecule has 0 saturated carbocycles. The van der Waals surface area contributed by atoms with Crippen LogP contribution in [0.3, 0.4) is 0 Å². The third-order valence-electron chi connectivity index (χ3n) is 5.30. The molecule has 3 aromatic rings. The summed E-state index contributed by atoms with van der Waals surface area (Å²) >= 11 is 0. The fourth-order valence-electron chi connectivity index (χ4n) is 3.68. The highest BCUT2D eigenvalue weighted by Crippen LogP contribution is 2.24. The summed E-state index contributed by atoms with van der Waals surface area (Å²) in [5, 5.41) is 2.78. The van der Waals surface area contributed by atoms with Gasteiger partial charge in [0, 0.05) is 30.7 Å². The summed E-state index contributed by atoms with van der Waals surface area (Å²) in [5.41, 5.74) is 2.51. The molecule has 0 radical (unpaired) electrons. The van der Waals surface area contributed by atoms with Crippen molar-refractivity contribution in [1.29, 1.82) is 0 Å². The summed E-state index contributed by atoms with van der Waals surface area (Å²) < 4.78 is 29.1. The van der Waals surface area contributed by atoms with Crippen molar-refractivity contribution in [2.75, 3.05) is 18.4 Å². The molecule has 7 nitrogen and oxygen atoms in total. The van der Waals surface area contributed by atoms with Crippen LogP contribution in [0.25, 0.3) is 5.65 Å². The Bertz CT molecular complexity index is 1150. The molecular weight excluding hydrogens is 388 g/mol. The van der Waals surface area contributed by atoms with Gasteiger partial charge < -0.3 is 9.72 Å². The summed E-state index contributed by atoms with van der Waals surface area (Å²) in [5.74, 6) is 0.0275. The van der Waals surface area contributed by atoms with Gasteiger partial charge in [-0.1, -0.05) is 13.0 Å². The highest BCUT2D eigenvalue weighted by atomic mass is 32.2. The lowest BCUT2D eigenvalue weighted by Gasteiger charge is -2.30. The van der Waals surface area contributed by atoms with E-state index in [0.717, 1.165) is 18.5 Å². The van der Waals surface area contributed by atoms with Crippen LogP contribution in [0.15, 0.2) is 53.6 Å². The van der Waals surface area contributed by atoms with E-state index in [1.165, 1.54) is 12.1 Å². The van der Waals surface area contributed by atoms with E-state index in [9.17, 15) is 13.2 Å². The van der Waals surface area contributed by atoms with Crippen molar-refractivity contribution in [2.24, 2.45) is 5.92 Å². The molecule has 2 aromatic heterocycles. The molecule has 1 N–H and O–H groups in total. The Hall–Kier alpha value is -2.71. The molecule has 8 heteroatoms. The third kappa shape index (κ3) is 3.90. The van der Waals surface area contributed by atoms with Crippen LogP contribution in [-0.4, -0.2) is 41.1 Å². The van der Waals surface area contributed by atoms with Crippen molar-refractivity contribution < 1.29 is 13.2 Å². The normalized spacial score (nSPS) is 18.1. The van der Waals surface area contributed by atoms with E-state index in [4.69, 9.17) is 0 Å². The topological polar surface area (TPSA) is 83.8 Å². The van der Waals surface area contributed by atoms with Crippen LogP contribution in [0, 0.1) is 12.8 Å². The van der Waals surface area contributed by atoms with Gasteiger partial charge in [0.15, 0.2) is 0 Å². The average molecular weight is 413 g/mol. The number of amides is 1. The van der Waals surface area contributed by atoms with Gasteiger partial charge in [-0.05, 0) is 62.1 Å². The third-order valence-corrected chi connectivity index (χ3v) is 7.18. The molecular formula is C21H24N4O3S. The lowest BCUT2D eigenvalue weighted by Crippen LogP contribution is -2.39. The Labute approximate surface area is 170 Å². The number of carbonyl (C=O) groups excluding carboxylic acids is 1. The molecule has 1 unspecified atom stereocenters. The second kappa shape index (κ2) is 7.61. The first kappa shape index (κ1) is 19.6. The van der Waals surface area contributed by atoms with Gasteiger partial charge in [-0.25, -0.2) is 13.4 Å². The molecule has 152 valence electrons. The molecule has 1 atom stereocenters. The van der Waals surface area contributed by atoms with Crippen molar-refractivity contribution >= 4 is 27.3 Å². The molecule has 3 heterocycles. The number of imidazole rings is 1. The summed E-state index contributed by atoms with van der Waals surface area (Å²) in [6.07, 6.45) is 3.63. The molecule has 1 aliphatic heterocycles. The minimum Gasteiger partial charge on any atom is -0.321 e. The second-order valence-electron chi connectivity index (χ2n) is 7.61. The molecule has 4 rings (SSSR count). The lowest BCUT2D eigenvalue weighted by molar-refractivity contribution is 0.102. The standard InChI is InChI=1S/C21H24N4O3S/c1-15-5-4-12-24(13-15)29(27,28)18-10-8-17(9-11-18)22-21(26)19-14-25-16(2)6-3-7-20(25)23-19/h3,6-11,14-15H,4-5,12-13H2,1-2H3,(H,22,26). The molecule has 0 bridgehead atoms. The van der Waals surface area contributed by atoms with Crippen molar-refractivity contribution in [3.63, 3.8) is 0 Å². The van der Waals surface area contributed by atoms with Gasteiger partial charge in [0.25, 0.3) is 5.91 Å². The molecule has 1 aliphatic rings. The smallest absolute Gasteiger partial charge is 0.275 e. The van der Waals surface area contributed by atoms with Gasteiger partial charge in [-0.2, -0.15) is 4.31 Å². The number of benzene rings is 1. The molecule has 29 heavy (non-hydrogen) atoms. The predicted octanol–water partition coefficient (Wildman–Crippen LogP) is 3.32. The number of rotatable bonds is 4. The number of sulfonamides is 1. The Morgan fingerprint density at radius 1 is 1.17 bits per heavy atom. The minimum atomic E-state index is -3.51. The summed E-state index contributed by atoms with van der Waals surface area (Å²) in [7, 11) is -3.51. The van der Waals surface area contributed by atoms with Crippen LogP contribution >= 0.6 is 0 Å². The van der Waals surface area contributed by atoms with E-state index in [0.29, 0.717) is 36.0 Å². The second-order valence-corrected chi connectivity index (χ2v) is 9.55. The zero-order chi connectivity index (χ0) is 20.6. The van der Waals surface area contributed by atoms with Gasteiger partial charge in [-0.3, -0.25) is 4.79 Å². The van der Waals surface area contributed by atoms with Gasteiger partial charge in [0.2, 0.25) is 10.0 Å². The molecule has 0 spiro atoms. The summed E-state index contributed by atoms with van der Waals surface area (Å²) in [6, 6.07) is 12.0. The van der Waals surface area contributed by atoms with Crippen LogP contribution in [0.4, 0.5) is 5.69 Å². The number of aryl methyl sites for hydroxylation is 1. The van der Waals surface area contributed by atoms with E-state index in [-0.39, 0.29) is 10.8 Å². The maximum atomic E-state index is 12.8. The van der Waals surface area contributed by atoms with Crippen LogP contribution < -0.4 is 5.32 Å². The molecule has 1 amide bonds. The Kier molecular flexibility index (Phi) is 5.14. The Morgan fingerprint density at radius 2 is 1.93 bits per heavy atom. The number of anilines is 1. The van der Waals surface area contributed by atoms with E-state index in [2.05, 4.69) is 17.2 Å². The SMILES string of the molecule is Cc1cccc2nc(C(=O)Nc3ccc(S(=O)(=O)N4CCCC(C)C4)cc3)cn12. The van der Waals surface area contributed by atoms with E-state index in [1.807, 2.05) is 29.5 Å². The number of nitrogens with zero attached hydrogens (tertiary/aromatic N) is 3. The fraction of sp³-hybridized carbons (Fsp3) is 0.333. The number of nitrogens with one attached hydrogen (secondary N) is 1. The Morgan fingerprint density at radius 3 is 2.62 bits per heavy atom. The number of hydrogen-bond donors (Lipinski definition) is 1. The van der Waals surface area contributed by atoms with Crippen molar-refractivity contribution in [3.8, 4) is 0 Å². The first-order valence-corrected chi connectivity index (χ1v) is 11.1. The number of carbonyl (C=O) groups is 1. The van der Waals surface area contributed by atoms with Gasteiger partial charge in [0.05, 0.1) is 4.90 Å². The van der Waals surface area contributed by atoms with Crippen molar-refractivity contribution in [2.45, 2.75) is 31.6 Å². The van der Waals surface area contributed by atoms with Gasteiger partial charge in [0.1, 0.15) is 11.3 Å². The minimum absolute atomic E-state index is 0.243. The van der Waals surface area contributed by atoms with Crippen molar-refractivity contribution in [1.82, 2.24) is 13.7 Å². The quantitative estimate of drug-likeness (QED) is 0.713. The van der Waals surface area contributed by atoms with Gasteiger partial charge in [-0.15, -0.1) is 0 Å². The highest BCUT2D eigenvalue weighted by Gasteiger charge is 2.28. The monoisotopic (exact) mass is 412 g/mol. The first-order valence-electron chi connectivity index (χ1n) is 9.71. The van der Waals surface area contributed by atoms with Crippen LogP contribution in [-0.2, 0) is 10.0 Å². The zero-order valence-electron chi connectivity index (χ0n) is 16.5. The zero-order valence-corrected chi connectivity index (χ0v) is 17.3. The molecule has 1 aromatic carbocycles. The number of piperidine rings is 1. The molecule has 1 fully saturated rings. The van der Waals surface area contributed by atoms with Crippen LogP contribution in [0.2, 0.25) is 0 Å². The largest absolute Gasteiger partial charge is 0.321 e. The number of aromatic nitrogens is 2. The van der Waals surface area contributed by atoms with Crippen LogP contribution in [0.5, 0.6) is 0 Å². The summed E-state index contributed by atoms with van der Waals surface area (Å²) in [4.78, 5) is 17.1. The molecule has 0 aliphatic carbocycles. The average Bonchev–Trinajstić information content (AvgIpc) is 3.14. The first-order chi connectivity index (χ1) is 13.8.